The fourth-order valence-corrected chi connectivity index (χ4v) is 1.63. The summed E-state index contributed by atoms with van der Waals surface area (Å²) in [6.07, 6.45) is -3.36. The van der Waals surface area contributed by atoms with E-state index in [1.165, 1.54) is 4.90 Å². The summed E-state index contributed by atoms with van der Waals surface area (Å²) in [4.78, 5) is 16.9. The molecule has 0 radical (unpaired) electrons. The lowest BCUT2D eigenvalue weighted by molar-refractivity contribution is -0.141. The second-order valence-corrected chi connectivity index (χ2v) is 4.43. The zero-order valence-electron chi connectivity index (χ0n) is 11.6. The minimum absolute atomic E-state index is 0.0999. The molecule has 0 amide bonds. The van der Waals surface area contributed by atoms with Gasteiger partial charge in [-0.2, -0.15) is 13.2 Å². The van der Waals surface area contributed by atoms with Crippen LogP contribution in [-0.4, -0.2) is 30.1 Å². The van der Waals surface area contributed by atoms with Crippen molar-refractivity contribution in [3.63, 3.8) is 0 Å². The van der Waals surface area contributed by atoms with Crippen LogP contribution in [0.5, 0.6) is 0 Å². The third-order valence-electron chi connectivity index (χ3n) is 2.60. The van der Waals surface area contributed by atoms with Crippen LogP contribution in [0.3, 0.4) is 0 Å². The largest absolute Gasteiger partial charge is 0.465 e. The van der Waals surface area contributed by atoms with E-state index in [1.54, 1.807) is 20.8 Å². The Labute approximate surface area is 115 Å². The van der Waals surface area contributed by atoms with E-state index < -0.39 is 17.7 Å². The number of alkyl halides is 3. The van der Waals surface area contributed by atoms with Crippen molar-refractivity contribution in [1.82, 2.24) is 4.98 Å². The molecule has 0 saturated heterocycles. The average Bonchev–Trinajstić information content (AvgIpc) is 2.35. The molecule has 0 unspecified atom stereocenters. The molecule has 7 heteroatoms. The van der Waals surface area contributed by atoms with Gasteiger partial charge in [0.25, 0.3) is 0 Å². The number of rotatable bonds is 5. The average molecular weight is 290 g/mol. The van der Waals surface area contributed by atoms with Gasteiger partial charge in [0.05, 0.1) is 12.2 Å². The van der Waals surface area contributed by atoms with Crippen LogP contribution in [-0.2, 0) is 15.7 Å². The molecular formula is C13H17F3N2O2. The van der Waals surface area contributed by atoms with Crippen molar-refractivity contribution in [2.45, 2.75) is 33.0 Å². The maximum atomic E-state index is 12.7. The number of hydrogen-bond donors (Lipinski definition) is 0. The highest BCUT2D eigenvalue weighted by Gasteiger charge is 2.31. The molecule has 1 rings (SSSR count). The highest BCUT2D eigenvalue weighted by atomic mass is 19.4. The van der Waals surface area contributed by atoms with Crippen LogP contribution in [0, 0.1) is 0 Å². The van der Waals surface area contributed by atoms with Crippen molar-refractivity contribution in [2.24, 2.45) is 0 Å². The molecule has 1 heterocycles. The topological polar surface area (TPSA) is 42.4 Å². The Balaban J connectivity index is 3.01. The number of hydrogen-bond acceptors (Lipinski definition) is 4. The van der Waals surface area contributed by atoms with Crippen molar-refractivity contribution in [3.8, 4) is 0 Å². The minimum Gasteiger partial charge on any atom is -0.465 e. The lowest BCUT2D eigenvalue weighted by atomic mass is 10.2. The predicted molar refractivity (Wildman–Crippen MR) is 68.4 cm³/mol. The van der Waals surface area contributed by atoms with Crippen LogP contribution >= 0.6 is 0 Å². The number of ether oxygens (including phenoxy) is 1. The normalized spacial score (nSPS) is 11.6. The molecular weight excluding hydrogens is 273 g/mol. The summed E-state index contributed by atoms with van der Waals surface area (Å²) >= 11 is 0. The van der Waals surface area contributed by atoms with E-state index in [4.69, 9.17) is 4.74 Å². The number of halogens is 3. The second kappa shape index (κ2) is 6.58. The minimum atomic E-state index is -4.44. The van der Waals surface area contributed by atoms with Gasteiger partial charge in [0, 0.05) is 12.2 Å². The summed E-state index contributed by atoms with van der Waals surface area (Å²) in [7, 11) is 0. The summed E-state index contributed by atoms with van der Waals surface area (Å²) in [5.74, 6) is -0.400. The van der Waals surface area contributed by atoms with Crippen molar-refractivity contribution in [2.75, 3.05) is 18.1 Å². The Hall–Kier alpha value is -1.79. The maximum Gasteiger partial charge on any atom is 0.416 e. The summed E-state index contributed by atoms with van der Waals surface area (Å²) < 4.78 is 42.8. The molecule has 0 aliphatic rings. The zero-order chi connectivity index (χ0) is 15.3. The lowest BCUT2D eigenvalue weighted by Gasteiger charge is -2.27. The van der Waals surface area contributed by atoms with Gasteiger partial charge in [-0.05, 0) is 32.9 Å². The third-order valence-corrected chi connectivity index (χ3v) is 2.60. The molecule has 0 spiro atoms. The Bertz CT molecular complexity index is 461. The molecule has 4 nitrogen and oxygen atoms in total. The number of carbonyl (C=O) groups is 1. The Morgan fingerprint density at radius 3 is 2.60 bits per heavy atom. The number of nitrogens with zero attached hydrogens (tertiary/aromatic N) is 2. The Kier molecular flexibility index (Phi) is 5.35. The molecule has 1 aromatic rings. The standard InChI is InChI=1S/C13H17F3N2O2/c1-4-20-12(19)8-18(9(2)3)11-7-10(5-6-17-11)13(14,15)16/h5-7,9H,4,8H2,1-3H3. The number of carbonyl (C=O) groups excluding carboxylic acids is 1. The third kappa shape index (κ3) is 4.40. The maximum absolute atomic E-state index is 12.7. The quantitative estimate of drug-likeness (QED) is 0.782. The van der Waals surface area contributed by atoms with E-state index in [1.807, 2.05) is 0 Å². The van der Waals surface area contributed by atoms with Crippen LogP contribution in [0.15, 0.2) is 18.3 Å². The number of aromatic nitrogens is 1. The van der Waals surface area contributed by atoms with Crippen molar-refractivity contribution < 1.29 is 22.7 Å². The van der Waals surface area contributed by atoms with Gasteiger partial charge in [-0.1, -0.05) is 0 Å². The molecule has 20 heavy (non-hydrogen) atoms. The molecule has 0 aromatic carbocycles. The summed E-state index contributed by atoms with van der Waals surface area (Å²) in [6.45, 7) is 5.28. The first kappa shape index (κ1) is 16.3. The van der Waals surface area contributed by atoms with Gasteiger partial charge < -0.3 is 9.64 Å². The van der Waals surface area contributed by atoms with Crippen LogP contribution in [0.4, 0.5) is 19.0 Å². The molecule has 0 aliphatic heterocycles. The molecule has 0 saturated carbocycles. The summed E-state index contributed by atoms with van der Waals surface area (Å²) in [6, 6.07) is 1.64. The molecule has 0 aliphatic carbocycles. The fourth-order valence-electron chi connectivity index (χ4n) is 1.63. The molecule has 0 bridgehead atoms. The van der Waals surface area contributed by atoms with Crippen LogP contribution in [0.1, 0.15) is 26.3 Å². The van der Waals surface area contributed by atoms with E-state index in [9.17, 15) is 18.0 Å². The van der Waals surface area contributed by atoms with E-state index in [0.717, 1.165) is 18.3 Å². The van der Waals surface area contributed by atoms with Crippen molar-refractivity contribution >= 4 is 11.8 Å². The fraction of sp³-hybridized carbons (Fsp3) is 0.538. The van der Waals surface area contributed by atoms with Crippen LogP contribution in [0.25, 0.3) is 0 Å². The SMILES string of the molecule is CCOC(=O)CN(c1cc(C(F)(F)F)ccn1)C(C)C. The molecule has 1 aromatic heterocycles. The van der Waals surface area contributed by atoms with E-state index >= 15 is 0 Å². The highest BCUT2D eigenvalue weighted by molar-refractivity contribution is 5.75. The van der Waals surface area contributed by atoms with Crippen LogP contribution in [0.2, 0.25) is 0 Å². The van der Waals surface area contributed by atoms with Gasteiger partial charge in [-0.25, -0.2) is 4.98 Å². The van der Waals surface area contributed by atoms with Gasteiger partial charge in [-0.15, -0.1) is 0 Å². The lowest BCUT2D eigenvalue weighted by Crippen LogP contribution is -2.37. The number of esters is 1. The molecule has 0 fully saturated rings. The second-order valence-electron chi connectivity index (χ2n) is 4.43. The first-order valence-electron chi connectivity index (χ1n) is 6.21. The van der Waals surface area contributed by atoms with Crippen LogP contribution < -0.4 is 4.90 Å². The first-order valence-corrected chi connectivity index (χ1v) is 6.21. The monoisotopic (exact) mass is 290 g/mol. The van der Waals surface area contributed by atoms with Gasteiger partial charge >= 0.3 is 12.1 Å². The smallest absolute Gasteiger partial charge is 0.416 e. The van der Waals surface area contributed by atoms with Gasteiger partial charge in [0.15, 0.2) is 0 Å². The zero-order valence-corrected chi connectivity index (χ0v) is 11.6. The molecule has 0 atom stereocenters. The Morgan fingerprint density at radius 2 is 2.10 bits per heavy atom. The highest BCUT2D eigenvalue weighted by Crippen LogP contribution is 2.31. The van der Waals surface area contributed by atoms with Crippen molar-refractivity contribution in [3.05, 3.63) is 23.9 Å². The van der Waals surface area contributed by atoms with Gasteiger partial charge in [0.1, 0.15) is 12.4 Å². The first-order chi connectivity index (χ1) is 9.25. The Morgan fingerprint density at radius 1 is 1.45 bits per heavy atom. The predicted octanol–water partition coefficient (Wildman–Crippen LogP) is 2.88. The van der Waals surface area contributed by atoms with E-state index in [2.05, 4.69) is 4.98 Å². The molecule has 0 N–H and O–H groups in total. The summed E-state index contributed by atoms with van der Waals surface area (Å²) in [5.41, 5.74) is -0.794. The number of pyridine rings is 1. The number of anilines is 1. The van der Waals surface area contributed by atoms with Gasteiger partial charge in [-0.3, -0.25) is 4.79 Å². The summed E-state index contributed by atoms with van der Waals surface area (Å²) in [5, 5.41) is 0. The van der Waals surface area contributed by atoms with E-state index in [-0.39, 0.29) is 25.0 Å². The van der Waals surface area contributed by atoms with Gasteiger partial charge in [0.2, 0.25) is 0 Å². The van der Waals surface area contributed by atoms with E-state index in [0.29, 0.717) is 0 Å². The molecule has 112 valence electrons. The van der Waals surface area contributed by atoms with Crippen molar-refractivity contribution in [1.29, 1.82) is 0 Å².